The van der Waals surface area contributed by atoms with E-state index in [1.807, 2.05) is 55.0 Å². The number of hydrogen-bond donors (Lipinski definition) is 0. The number of piperidine rings is 1. The predicted molar refractivity (Wildman–Crippen MR) is 109 cm³/mol. The summed E-state index contributed by atoms with van der Waals surface area (Å²) in [5, 5.41) is 0. The highest BCUT2D eigenvalue weighted by molar-refractivity contribution is 5.75. The highest BCUT2D eigenvalue weighted by atomic mass is 15.2. The molecule has 4 heterocycles. The molecule has 0 spiro atoms. The molecule has 5 rings (SSSR count). The van der Waals surface area contributed by atoms with Gasteiger partial charge in [0.05, 0.1) is 29.5 Å². The molecule has 1 atom stereocenters. The predicted octanol–water partition coefficient (Wildman–Crippen LogP) is 3.65. The molecular weight excluding hydrogens is 348 g/mol. The Morgan fingerprint density at radius 1 is 0.929 bits per heavy atom. The van der Waals surface area contributed by atoms with Crippen molar-refractivity contribution in [3.8, 4) is 0 Å². The summed E-state index contributed by atoms with van der Waals surface area (Å²) in [7, 11) is 0. The third-order valence-corrected chi connectivity index (χ3v) is 5.35. The highest BCUT2D eigenvalue weighted by Crippen LogP contribution is 2.29. The molecule has 0 aliphatic carbocycles. The molecule has 6 nitrogen and oxygen atoms in total. The van der Waals surface area contributed by atoms with Crippen molar-refractivity contribution in [2.75, 3.05) is 18.0 Å². The third kappa shape index (κ3) is 3.33. The van der Waals surface area contributed by atoms with Gasteiger partial charge in [-0.1, -0.05) is 18.2 Å². The van der Waals surface area contributed by atoms with Crippen LogP contribution in [0.1, 0.15) is 30.3 Å². The fourth-order valence-corrected chi connectivity index (χ4v) is 3.98. The number of anilines is 1. The first-order valence-corrected chi connectivity index (χ1v) is 9.74. The molecule has 0 bridgehead atoms. The van der Waals surface area contributed by atoms with E-state index in [9.17, 15) is 0 Å². The summed E-state index contributed by atoms with van der Waals surface area (Å²) < 4.78 is 2.22. The molecule has 0 radical (unpaired) electrons. The Hall–Kier alpha value is -3.28. The van der Waals surface area contributed by atoms with Crippen molar-refractivity contribution in [2.45, 2.75) is 25.3 Å². The van der Waals surface area contributed by atoms with E-state index in [-0.39, 0.29) is 0 Å². The summed E-state index contributed by atoms with van der Waals surface area (Å²) in [5.41, 5.74) is 2.93. The zero-order valence-electron chi connectivity index (χ0n) is 15.6. The first kappa shape index (κ1) is 16.9. The third-order valence-electron chi connectivity index (χ3n) is 5.35. The van der Waals surface area contributed by atoms with Crippen molar-refractivity contribution in [1.82, 2.24) is 24.5 Å². The summed E-state index contributed by atoms with van der Waals surface area (Å²) in [6.07, 6.45) is 9.94. The number of aromatic nitrogens is 5. The Kier molecular flexibility index (Phi) is 4.45. The molecule has 0 amide bonds. The molecule has 1 saturated heterocycles. The standard InChI is InChI=1S/C22H22N6/c1-2-9-20-19(8-1)25-14-21(26-20)27-12-5-6-17(15-27)22-24-11-13-28(22)16-18-7-3-4-10-23-18/h1-4,7-11,13-14,17H,5-6,12,15-16H2/t17-/m1/s1. The molecule has 3 aromatic heterocycles. The summed E-state index contributed by atoms with van der Waals surface area (Å²) in [6, 6.07) is 14.1. The average molecular weight is 370 g/mol. The second kappa shape index (κ2) is 7.38. The number of hydrogen-bond acceptors (Lipinski definition) is 5. The summed E-state index contributed by atoms with van der Waals surface area (Å²) in [5.74, 6) is 2.45. The Balaban J connectivity index is 1.38. The number of benzene rings is 1. The number of para-hydroxylation sites is 2. The van der Waals surface area contributed by atoms with Gasteiger partial charge in [-0.25, -0.2) is 9.97 Å². The molecule has 0 unspecified atom stereocenters. The van der Waals surface area contributed by atoms with Crippen molar-refractivity contribution in [3.05, 3.63) is 78.8 Å². The van der Waals surface area contributed by atoms with Crippen molar-refractivity contribution >= 4 is 16.9 Å². The Bertz CT molecular complexity index is 1070. The molecule has 6 heteroatoms. The lowest BCUT2D eigenvalue weighted by atomic mass is 9.97. The smallest absolute Gasteiger partial charge is 0.147 e. The fourth-order valence-electron chi connectivity index (χ4n) is 3.98. The van der Waals surface area contributed by atoms with Crippen molar-refractivity contribution in [3.63, 3.8) is 0 Å². The summed E-state index contributed by atoms with van der Waals surface area (Å²) in [4.78, 5) is 20.9. The van der Waals surface area contributed by atoms with Crippen LogP contribution in [0.5, 0.6) is 0 Å². The first-order chi connectivity index (χ1) is 13.9. The lowest BCUT2D eigenvalue weighted by Gasteiger charge is -2.33. The maximum Gasteiger partial charge on any atom is 0.147 e. The van der Waals surface area contributed by atoms with Crippen molar-refractivity contribution in [1.29, 1.82) is 0 Å². The van der Waals surface area contributed by atoms with Gasteiger partial charge in [-0.05, 0) is 37.1 Å². The van der Waals surface area contributed by atoms with Gasteiger partial charge in [-0.3, -0.25) is 9.97 Å². The molecule has 1 fully saturated rings. The molecule has 1 aliphatic heterocycles. The monoisotopic (exact) mass is 370 g/mol. The number of nitrogens with zero attached hydrogens (tertiary/aromatic N) is 6. The summed E-state index contributed by atoms with van der Waals surface area (Å²) >= 11 is 0. The summed E-state index contributed by atoms with van der Waals surface area (Å²) in [6.45, 7) is 2.67. The average Bonchev–Trinajstić information content (AvgIpc) is 3.22. The molecule has 140 valence electrons. The van der Waals surface area contributed by atoms with Crippen LogP contribution in [0.25, 0.3) is 11.0 Å². The van der Waals surface area contributed by atoms with Crippen LogP contribution in [0, 0.1) is 0 Å². The number of pyridine rings is 1. The lowest BCUT2D eigenvalue weighted by molar-refractivity contribution is 0.473. The lowest BCUT2D eigenvalue weighted by Crippen LogP contribution is -2.36. The van der Waals surface area contributed by atoms with E-state index in [4.69, 9.17) is 4.98 Å². The number of rotatable bonds is 4. The van der Waals surface area contributed by atoms with Crippen molar-refractivity contribution in [2.24, 2.45) is 0 Å². The van der Waals surface area contributed by atoms with E-state index in [0.29, 0.717) is 5.92 Å². The minimum Gasteiger partial charge on any atom is -0.355 e. The van der Waals surface area contributed by atoms with Crippen LogP contribution < -0.4 is 4.90 Å². The maximum atomic E-state index is 4.83. The number of imidazole rings is 1. The van der Waals surface area contributed by atoms with E-state index >= 15 is 0 Å². The second-order valence-electron chi connectivity index (χ2n) is 7.24. The Morgan fingerprint density at radius 2 is 1.82 bits per heavy atom. The van der Waals surface area contributed by atoms with E-state index in [0.717, 1.165) is 60.8 Å². The second-order valence-corrected chi connectivity index (χ2v) is 7.24. The molecular formula is C22H22N6. The van der Waals surface area contributed by atoms with Crippen LogP contribution in [0.4, 0.5) is 5.82 Å². The normalized spacial score (nSPS) is 17.1. The van der Waals surface area contributed by atoms with Crippen LogP contribution in [0.3, 0.4) is 0 Å². The Labute approximate surface area is 163 Å². The number of fused-ring (bicyclic) bond motifs is 1. The minimum absolute atomic E-state index is 0.376. The van der Waals surface area contributed by atoms with E-state index < -0.39 is 0 Å². The van der Waals surface area contributed by atoms with Gasteiger partial charge < -0.3 is 9.47 Å². The van der Waals surface area contributed by atoms with Gasteiger partial charge in [0.2, 0.25) is 0 Å². The van der Waals surface area contributed by atoms with Crippen LogP contribution in [-0.2, 0) is 6.54 Å². The molecule has 1 aliphatic rings. The zero-order valence-corrected chi connectivity index (χ0v) is 15.6. The van der Waals surface area contributed by atoms with Gasteiger partial charge in [-0.15, -0.1) is 0 Å². The molecule has 1 aromatic carbocycles. The van der Waals surface area contributed by atoms with Crippen molar-refractivity contribution < 1.29 is 0 Å². The molecule has 0 saturated carbocycles. The van der Waals surface area contributed by atoms with Crippen LogP contribution in [-0.4, -0.2) is 37.6 Å². The van der Waals surface area contributed by atoms with E-state index in [1.165, 1.54) is 0 Å². The van der Waals surface area contributed by atoms with Crippen LogP contribution in [0.2, 0.25) is 0 Å². The SMILES string of the molecule is c1ccc(Cn2ccnc2[C@@H]2CCCN(c3cnc4ccccc4n3)C2)nc1. The van der Waals surface area contributed by atoms with Crippen LogP contribution >= 0.6 is 0 Å². The molecule has 0 N–H and O–H groups in total. The maximum absolute atomic E-state index is 4.83. The first-order valence-electron chi connectivity index (χ1n) is 9.74. The van der Waals surface area contributed by atoms with Gasteiger partial charge in [-0.2, -0.15) is 0 Å². The van der Waals surface area contributed by atoms with E-state index in [2.05, 4.69) is 36.7 Å². The van der Waals surface area contributed by atoms with Gasteiger partial charge in [0.1, 0.15) is 11.6 Å². The minimum atomic E-state index is 0.376. The quantitative estimate of drug-likeness (QED) is 0.549. The van der Waals surface area contributed by atoms with Gasteiger partial charge in [0, 0.05) is 37.6 Å². The molecule has 28 heavy (non-hydrogen) atoms. The van der Waals surface area contributed by atoms with Crippen LogP contribution in [0.15, 0.2) is 67.3 Å². The fraction of sp³-hybridized carbons (Fsp3) is 0.273. The zero-order chi connectivity index (χ0) is 18.8. The van der Waals surface area contributed by atoms with Gasteiger partial charge in [0.25, 0.3) is 0 Å². The van der Waals surface area contributed by atoms with Gasteiger partial charge >= 0.3 is 0 Å². The largest absolute Gasteiger partial charge is 0.355 e. The van der Waals surface area contributed by atoms with Gasteiger partial charge in [0.15, 0.2) is 0 Å². The molecule has 4 aromatic rings. The topological polar surface area (TPSA) is 59.7 Å². The van der Waals surface area contributed by atoms with E-state index in [1.54, 1.807) is 0 Å². The Morgan fingerprint density at radius 3 is 2.71 bits per heavy atom. The highest BCUT2D eigenvalue weighted by Gasteiger charge is 2.26.